The lowest BCUT2D eigenvalue weighted by Gasteiger charge is -2.24. The highest BCUT2D eigenvalue weighted by Crippen LogP contribution is 2.17. The lowest BCUT2D eigenvalue weighted by Crippen LogP contribution is -2.42. The molecule has 1 aliphatic rings. The molecule has 1 heterocycles. The summed E-state index contributed by atoms with van der Waals surface area (Å²) in [7, 11) is 2.73. The van der Waals surface area contributed by atoms with Crippen molar-refractivity contribution in [2.24, 2.45) is 0 Å². The number of hydrogen-bond donors (Lipinski definition) is 0. The number of hydrogen-bond acceptors (Lipinski definition) is 4. The standard InChI is InChI=1S/C9H22O3Si.C3H5O2/c1-5-6-7-8-9-13(10-2,11-3)12-4;4-1-3-2-5-3/h5-9H2,1-4H3;3H,1-2H2. The molecule has 0 aromatic carbocycles. The van der Waals surface area contributed by atoms with Crippen LogP contribution >= 0.6 is 0 Å². The Morgan fingerprint density at radius 3 is 1.94 bits per heavy atom. The van der Waals surface area contributed by atoms with Gasteiger partial charge in [-0.2, -0.15) is 0 Å². The van der Waals surface area contributed by atoms with E-state index in [0.717, 1.165) is 12.5 Å². The molecule has 0 aliphatic carbocycles. The molecule has 1 fully saturated rings. The maximum absolute atomic E-state index is 9.57. The Labute approximate surface area is 112 Å². The molecule has 1 radical (unpaired) electrons. The van der Waals surface area contributed by atoms with E-state index in [-0.39, 0.29) is 12.7 Å². The van der Waals surface area contributed by atoms with Gasteiger partial charge in [0.15, 0.2) is 0 Å². The van der Waals surface area contributed by atoms with Gasteiger partial charge in [-0.15, -0.1) is 0 Å². The maximum Gasteiger partial charge on any atom is 0.500 e. The van der Waals surface area contributed by atoms with Gasteiger partial charge in [-0.25, -0.2) is 5.11 Å². The van der Waals surface area contributed by atoms with Crippen LogP contribution in [0.3, 0.4) is 0 Å². The smallest absolute Gasteiger partial charge is 0.377 e. The van der Waals surface area contributed by atoms with E-state index in [0.29, 0.717) is 6.61 Å². The summed E-state index contributed by atoms with van der Waals surface area (Å²) in [6, 6.07) is 0.927. The van der Waals surface area contributed by atoms with Gasteiger partial charge < -0.3 is 18.0 Å². The molecule has 1 rings (SSSR count). The van der Waals surface area contributed by atoms with Crippen LogP contribution in [0.15, 0.2) is 0 Å². The molecule has 1 unspecified atom stereocenters. The Balaban J connectivity index is 0.000000473. The predicted octanol–water partition coefficient (Wildman–Crippen LogP) is 2.26. The first-order valence-corrected chi connectivity index (χ1v) is 8.46. The van der Waals surface area contributed by atoms with Crippen LogP contribution in [0.2, 0.25) is 6.04 Å². The van der Waals surface area contributed by atoms with Gasteiger partial charge in [-0.05, 0) is 6.42 Å². The van der Waals surface area contributed by atoms with E-state index in [1.165, 1.54) is 19.3 Å². The number of unbranched alkanes of at least 4 members (excludes halogenated alkanes) is 3. The van der Waals surface area contributed by atoms with Crippen LogP contribution in [0.5, 0.6) is 0 Å². The molecule has 1 aliphatic heterocycles. The molecule has 0 N–H and O–H groups in total. The minimum absolute atomic E-state index is 0.0556. The third kappa shape index (κ3) is 8.18. The number of rotatable bonds is 9. The van der Waals surface area contributed by atoms with E-state index in [1.54, 1.807) is 21.3 Å². The number of epoxide rings is 1. The summed E-state index contributed by atoms with van der Waals surface area (Å²) in [5.41, 5.74) is 0. The Kier molecular flexibility index (Phi) is 10.9. The monoisotopic (exact) mass is 279 g/mol. The van der Waals surface area contributed by atoms with Crippen LogP contribution in [0.1, 0.15) is 32.6 Å². The van der Waals surface area contributed by atoms with Crippen LogP contribution < -0.4 is 0 Å². The molecule has 18 heavy (non-hydrogen) atoms. The van der Waals surface area contributed by atoms with E-state index < -0.39 is 8.80 Å². The molecule has 1 saturated heterocycles. The van der Waals surface area contributed by atoms with Crippen LogP contribution in [0.4, 0.5) is 0 Å². The van der Waals surface area contributed by atoms with Crippen LogP contribution in [-0.4, -0.2) is 49.5 Å². The number of ether oxygens (including phenoxy) is 1. The van der Waals surface area contributed by atoms with E-state index in [2.05, 4.69) is 11.7 Å². The molecule has 0 saturated carbocycles. The molecular weight excluding hydrogens is 252 g/mol. The van der Waals surface area contributed by atoms with Gasteiger partial charge in [0.05, 0.1) is 6.61 Å². The maximum atomic E-state index is 9.57. The summed E-state index contributed by atoms with van der Waals surface area (Å²) < 4.78 is 20.5. The lowest BCUT2D eigenvalue weighted by molar-refractivity contribution is 0.122. The third-order valence-electron chi connectivity index (χ3n) is 2.86. The summed E-state index contributed by atoms with van der Waals surface area (Å²) in [4.78, 5) is 0. The van der Waals surface area contributed by atoms with E-state index in [1.807, 2.05) is 0 Å². The van der Waals surface area contributed by atoms with Crippen molar-refractivity contribution in [3.8, 4) is 0 Å². The topological polar surface area (TPSA) is 60.1 Å². The first kappa shape index (κ1) is 18.0. The van der Waals surface area contributed by atoms with Crippen molar-refractivity contribution in [1.29, 1.82) is 0 Å². The van der Waals surface area contributed by atoms with Crippen molar-refractivity contribution in [2.45, 2.75) is 44.8 Å². The van der Waals surface area contributed by atoms with Crippen molar-refractivity contribution >= 4 is 8.80 Å². The second kappa shape index (κ2) is 10.9. The largest absolute Gasteiger partial charge is 0.500 e. The Morgan fingerprint density at radius 1 is 1.11 bits per heavy atom. The molecule has 0 bridgehead atoms. The normalized spacial score (nSPS) is 18.2. The van der Waals surface area contributed by atoms with Gasteiger partial charge in [-0.3, -0.25) is 0 Å². The highest BCUT2D eigenvalue weighted by atomic mass is 28.4. The van der Waals surface area contributed by atoms with Crippen molar-refractivity contribution in [2.75, 3.05) is 34.5 Å². The summed E-state index contributed by atoms with van der Waals surface area (Å²) >= 11 is 0. The van der Waals surface area contributed by atoms with Crippen molar-refractivity contribution in [3.63, 3.8) is 0 Å². The fraction of sp³-hybridized carbons (Fsp3) is 1.00. The zero-order chi connectivity index (χ0) is 13.9. The summed E-state index contributed by atoms with van der Waals surface area (Å²) in [5.74, 6) is 0. The van der Waals surface area contributed by atoms with E-state index >= 15 is 0 Å². The van der Waals surface area contributed by atoms with Crippen LogP contribution in [-0.2, 0) is 23.1 Å². The van der Waals surface area contributed by atoms with E-state index in [4.69, 9.17) is 13.3 Å². The Morgan fingerprint density at radius 2 is 1.67 bits per heavy atom. The quantitative estimate of drug-likeness (QED) is 0.369. The Bertz CT molecular complexity index is 175. The molecule has 5 nitrogen and oxygen atoms in total. The van der Waals surface area contributed by atoms with Gasteiger partial charge >= 0.3 is 8.80 Å². The summed E-state index contributed by atoms with van der Waals surface area (Å²) in [6.07, 6.45) is 4.98. The minimum Gasteiger partial charge on any atom is -0.377 e. The molecule has 0 aromatic rings. The molecule has 1 atom stereocenters. The fourth-order valence-corrected chi connectivity index (χ4v) is 3.28. The fourth-order valence-electron chi connectivity index (χ4n) is 1.49. The zero-order valence-electron chi connectivity index (χ0n) is 12.1. The molecule has 6 heteroatoms. The highest BCUT2D eigenvalue weighted by Gasteiger charge is 2.36. The molecule has 0 amide bonds. The van der Waals surface area contributed by atoms with Crippen molar-refractivity contribution in [1.82, 2.24) is 0 Å². The van der Waals surface area contributed by atoms with Gasteiger partial charge in [0.25, 0.3) is 0 Å². The van der Waals surface area contributed by atoms with Gasteiger partial charge in [-0.1, -0.05) is 26.2 Å². The SMILES string of the molecule is CCCCCC[Si](OC)(OC)OC.[O]CC1CO1. The summed E-state index contributed by atoms with van der Waals surface area (Å²) in [6.45, 7) is 2.84. The predicted molar refractivity (Wildman–Crippen MR) is 71.0 cm³/mol. The first-order chi connectivity index (χ1) is 8.67. The molecule has 0 spiro atoms. The molecule has 109 valence electrons. The van der Waals surface area contributed by atoms with E-state index in [9.17, 15) is 5.11 Å². The second-order valence-electron chi connectivity index (χ2n) is 4.23. The minimum atomic E-state index is -2.27. The summed E-state index contributed by atoms with van der Waals surface area (Å²) in [5, 5.41) is 9.57. The van der Waals surface area contributed by atoms with Gasteiger partial charge in [0.1, 0.15) is 12.7 Å². The Hall–Kier alpha value is 0.0169. The highest BCUT2D eigenvalue weighted by molar-refractivity contribution is 6.60. The zero-order valence-corrected chi connectivity index (χ0v) is 13.1. The van der Waals surface area contributed by atoms with Gasteiger partial charge in [0.2, 0.25) is 0 Å². The molecule has 0 aromatic heterocycles. The van der Waals surface area contributed by atoms with Gasteiger partial charge in [0, 0.05) is 27.4 Å². The molecular formula is C12H27O5Si. The van der Waals surface area contributed by atoms with Crippen LogP contribution in [0.25, 0.3) is 0 Å². The van der Waals surface area contributed by atoms with Crippen molar-refractivity contribution in [3.05, 3.63) is 0 Å². The first-order valence-electron chi connectivity index (χ1n) is 6.53. The van der Waals surface area contributed by atoms with Crippen molar-refractivity contribution < 1.29 is 23.1 Å². The van der Waals surface area contributed by atoms with Crippen LogP contribution in [0, 0.1) is 0 Å². The second-order valence-corrected chi connectivity index (χ2v) is 7.32. The third-order valence-corrected chi connectivity index (χ3v) is 5.69. The lowest BCUT2D eigenvalue weighted by atomic mass is 10.2. The average Bonchev–Trinajstić information content (AvgIpc) is 3.25. The average molecular weight is 279 g/mol.